The molecule has 5 nitrogen and oxygen atoms in total. The minimum atomic E-state index is -4.23. The van der Waals surface area contributed by atoms with E-state index in [1.807, 2.05) is 4.98 Å². The Labute approximate surface area is 99.9 Å². The van der Waals surface area contributed by atoms with Gasteiger partial charge in [-0.2, -0.15) is 13.2 Å². The van der Waals surface area contributed by atoms with Gasteiger partial charge in [-0.1, -0.05) is 0 Å². The normalized spacial score (nSPS) is 11.8. The predicted octanol–water partition coefficient (Wildman–Crippen LogP) is 1.28. The van der Waals surface area contributed by atoms with E-state index in [-0.39, 0.29) is 24.9 Å². The number of hydrogen-bond acceptors (Lipinski definition) is 3. The third-order valence-electron chi connectivity index (χ3n) is 2.49. The minimum Gasteiger partial charge on any atom is -0.494 e. The van der Waals surface area contributed by atoms with Crippen LogP contribution in [0, 0.1) is 6.92 Å². The summed E-state index contributed by atoms with van der Waals surface area (Å²) in [7, 11) is 0. The summed E-state index contributed by atoms with van der Waals surface area (Å²) in [6.07, 6.45) is -5.23. The number of aromatic amines is 1. The van der Waals surface area contributed by atoms with Gasteiger partial charge in [0.25, 0.3) is 5.56 Å². The molecule has 1 heterocycles. The number of halogens is 3. The average molecular weight is 266 g/mol. The highest BCUT2D eigenvalue weighted by Crippen LogP contribution is 2.22. The van der Waals surface area contributed by atoms with Crippen LogP contribution in [-0.4, -0.2) is 20.8 Å². The summed E-state index contributed by atoms with van der Waals surface area (Å²) in [5.74, 6) is -0.504. The average Bonchev–Trinajstić information content (AvgIpc) is 2.23. The van der Waals surface area contributed by atoms with E-state index in [0.29, 0.717) is 0 Å². The van der Waals surface area contributed by atoms with Crippen molar-refractivity contribution >= 4 is 0 Å². The number of rotatable bonds is 4. The van der Waals surface area contributed by atoms with Gasteiger partial charge in [0.2, 0.25) is 5.88 Å². The first kappa shape index (κ1) is 14.3. The first-order valence-electron chi connectivity index (χ1n) is 5.32. The third kappa shape index (κ3) is 3.64. The van der Waals surface area contributed by atoms with Crippen molar-refractivity contribution in [3.05, 3.63) is 26.4 Å². The molecule has 0 unspecified atom stereocenters. The molecule has 1 aromatic rings. The van der Waals surface area contributed by atoms with Crippen molar-refractivity contribution < 1.29 is 18.3 Å². The second-order valence-corrected chi connectivity index (χ2v) is 3.93. The summed E-state index contributed by atoms with van der Waals surface area (Å²) in [5, 5.41) is 9.54. The molecule has 2 N–H and O–H groups in total. The van der Waals surface area contributed by atoms with Gasteiger partial charge < -0.3 is 5.11 Å². The summed E-state index contributed by atoms with van der Waals surface area (Å²) < 4.78 is 36.5. The van der Waals surface area contributed by atoms with Crippen LogP contribution in [-0.2, 0) is 6.54 Å². The van der Waals surface area contributed by atoms with Gasteiger partial charge in [0.1, 0.15) is 0 Å². The van der Waals surface area contributed by atoms with Crippen LogP contribution < -0.4 is 11.2 Å². The van der Waals surface area contributed by atoms with Crippen LogP contribution in [0.4, 0.5) is 13.2 Å². The van der Waals surface area contributed by atoms with E-state index >= 15 is 0 Å². The quantitative estimate of drug-likeness (QED) is 0.806. The van der Waals surface area contributed by atoms with E-state index in [9.17, 15) is 27.9 Å². The lowest BCUT2D eigenvalue weighted by Gasteiger charge is -2.10. The Morgan fingerprint density at radius 1 is 1.28 bits per heavy atom. The number of nitrogens with zero attached hydrogens (tertiary/aromatic N) is 1. The van der Waals surface area contributed by atoms with Crippen LogP contribution in [0.5, 0.6) is 5.88 Å². The number of unbranched alkanes of at least 4 members (excludes halogenated alkanes) is 1. The number of H-pyrrole nitrogens is 1. The molecule has 0 saturated heterocycles. The molecule has 0 aliphatic carbocycles. The van der Waals surface area contributed by atoms with Gasteiger partial charge in [-0.15, -0.1) is 0 Å². The van der Waals surface area contributed by atoms with Gasteiger partial charge in [0.15, 0.2) is 0 Å². The van der Waals surface area contributed by atoms with Crippen LogP contribution in [0.25, 0.3) is 0 Å². The fourth-order valence-corrected chi connectivity index (χ4v) is 1.46. The molecule has 0 aliphatic heterocycles. The Bertz CT molecular complexity index is 531. The predicted molar refractivity (Wildman–Crippen MR) is 57.6 cm³/mol. The summed E-state index contributed by atoms with van der Waals surface area (Å²) in [4.78, 5) is 24.4. The molecule has 1 aromatic heterocycles. The Kier molecular flexibility index (Phi) is 4.20. The fraction of sp³-hybridized carbons (Fsp3) is 0.600. The molecule has 0 amide bonds. The summed E-state index contributed by atoms with van der Waals surface area (Å²) >= 11 is 0. The molecule has 0 fully saturated rings. The lowest BCUT2D eigenvalue weighted by Crippen LogP contribution is -2.31. The number of hydrogen-bond donors (Lipinski definition) is 2. The smallest absolute Gasteiger partial charge is 0.389 e. The topological polar surface area (TPSA) is 75.1 Å². The number of alkyl halides is 3. The van der Waals surface area contributed by atoms with Crippen LogP contribution in [0.3, 0.4) is 0 Å². The first-order valence-corrected chi connectivity index (χ1v) is 5.32. The van der Waals surface area contributed by atoms with Crippen molar-refractivity contribution in [2.75, 3.05) is 0 Å². The molecule has 102 valence electrons. The van der Waals surface area contributed by atoms with Crippen LogP contribution >= 0.6 is 0 Å². The zero-order valence-corrected chi connectivity index (χ0v) is 9.67. The second kappa shape index (κ2) is 5.28. The molecule has 0 bridgehead atoms. The van der Waals surface area contributed by atoms with Gasteiger partial charge in [-0.3, -0.25) is 14.3 Å². The van der Waals surface area contributed by atoms with E-state index < -0.39 is 29.7 Å². The molecule has 1 rings (SSSR count). The SMILES string of the molecule is Cc1c(O)n(CCCCC(F)(F)F)c(=O)[nH]c1=O. The van der Waals surface area contributed by atoms with Crippen LogP contribution in [0.1, 0.15) is 24.8 Å². The number of aromatic hydroxyl groups is 1. The molecular weight excluding hydrogens is 253 g/mol. The number of nitrogens with one attached hydrogen (secondary N) is 1. The van der Waals surface area contributed by atoms with Gasteiger partial charge in [0, 0.05) is 13.0 Å². The molecule has 0 aliphatic rings. The van der Waals surface area contributed by atoms with Crippen molar-refractivity contribution in [2.24, 2.45) is 0 Å². The molecule has 18 heavy (non-hydrogen) atoms. The highest BCUT2D eigenvalue weighted by Gasteiger charge is 2.25. The maximum Gasteiger partial charge on any atom is 0.389 e. The summed E-state index contributed by atoms with van der Waals surface area (Å²) in [5.41, 5.74) is -1.57. The monoisotopic (exact) mass is 266 g/mol. The Morgan fingerprint density at radius 2 is 1.89 bits per heavy atom. The molecular formula is C10H13F3N2O3. The summed E-state index contributed by atoms with van der Waals surface area (Å²) in [6.45, 7) is 1.25. The zero-order chi connectivity index (χ0) is 13.9. The van der Waals surface area contributed by atoms with Crippen molar-refractivity contribution in [1.29, 1.82) is 0 Å². The van der Waals surface area contributed by atoms with Crippen molar-refractivity contribution in [3.63, 3.8) is 0 Å². The molecule has 0 spiro atoms. The van der Waals surface area contributed by atoms with E-state index in [2.05, 4.69) is 0 Å². The Balaban J connectivity index is 2.72. The fourth-order valence-electron chi connectivity index (χ4n) is 1.46. The molecule has 0 aromatic carbocycles. The molecule has 0 atom stereocenters. The van der Waals surface area contributed by atoms with Crippen molar-refractivity contribution in [2.45, 2.75) is 38.9 Å². The maximum atomic E-state index is 11.9. The minimum absolute atomic E-state index is 0.0366. The third-order valence-corrected chi connectivity index (χ3v) is 2.49. The second-order valence-electron chi connectivity index (χ2n) is 3.93. The van der Waals surface area contributed by atoms with Gasteiger partial charge in [0.05, 0.1) is 5.56 Å². The molecule has 8 heteroatoms. The lowest BCUT2D eigenvalue weighted by molar-refractivity contribution is -0.135. The first-order chi connectivity index (χ1) is 8.22. The van der Waals surface area contributed by atoms with Crippen LogP contribution in [0.15, 0.2) is 9.59 Å². The zero-order valence-electron chi connectivity index (χ0n) is 9.67. The Hall–Kier alpha value is -1.73. The number of aromatic nitrogens is 2. The molecule has 0 saturated carbocycles. The van der Waals surface area contributed by atoms with E-state index in [4.69, 9.17) is 0 Å². The summed E-state index contributed by atoms with van der Waals surface area (Å²) in [6, 6.07) is 0. The standard InChI is InChI=1S/C10H13F3N2O3/c1-6-7(16)14-9(18)15(8(6)17)5-3-2-4-10(11,12)13/h17H,2-5H2,1H3,(H,14,16,18). The van der Waals surface area contributed by atoms with Crippen molar-refractivity contribution in [1.82, 2.24) is 9.55 Å². The van der Waals surface area contributed by atoms with Crippen molar-refractivity contribution in [3.8, 4) is 5.88 Å². The lowest BCUT2D eigenvalue weighted by atomic mass is 10.2. The Morgan fingerprint density at radius 3 is 2.44 bits per heavy atom. The van der Waals surface area contributed by atoms with E-state index in [1.54, 1.807) is 0 Å². The van der Waals surface area contributed by atoms with E-state index in [1.165, 1.54) is 6.92 Å². The largest absolute Gasteiger partial charge is 0.494 e. The highest BCUT2D eigenvalue weighted by molar-refractivity contribution is 5.20. The van der Waals surface area contributed by atoms with Gasteiger partial charge in [-0.05, 0) is 19.8 Å². The maximum absolute atomic E-state index is 11.9. The van der Waals surface area contributed by atoms with Gasteiger partial charge >= 0.3 is 11.9 Å². The van der Waals surface area contributed by atoms with Crippen LogP contribution in [0.2, 0.25) is 0 Å². The van der Waals surface area contributed by atoms with Gasteiger partial charge in [-0.25, -0.2) is 4.79 Å². The van der Waals surface area contributed by atoms with E-state index in [0.717, 1.165) is 4.57 Å². The molecule has 0 radical (unpaired) electrons. The highest BCUT2D eigenvalue weighted by atomic mass is 19.4.